The van der Waals surface area contributed by atoms with Crippen molar-refractivity contribution < 1.29 is 23.9 Å². The van der Waals surface area contributed by atoms with Gasteiger partial charge in [0, 0.05) is 12.6 Å². The molecule has 1 aliphatic heterocycles. The zero-order valence-electron chi connectivity index (χ0n) is 18.3. The summed E-state index contributed by atoms with van der Waals surface area (Å²) in [6.07, 6.45) is 4.60. The number of pyridine rings is 1. The first-order chi connectivity index (χ1) is 15.5. The van der Waals surface area contributed by atoms with Gasteiger partial charge in [-0.15, -0.1) is 0 Å². The molecule has 0 radical (unpaired) electrons. The molecule has 2 atom stereocenters. The van der Waals surface area contributed by atoms with E-state index in [4.69, 9.17) is 9.47 Å². The maximum Gasteiger partial charge on any atom is 0.306 e. The van der Waals surface area contributed by atoms with Crippen molar-refractivity contribution >= 4 is 28.9 Å². The lowest BCUT2D eigenvalue weighted by Gasteiger charge is -2.19. The number of benzene rings is 1. The van der Waals surface area contributed by atoms with Crippen LogP contribution in [0.5, 0.6) is 5.75 Å². The van der Waals surface area contributed by atoms with Gasteiger partial charge in [0.2, 0.25) is 5.91 Å². The zero-order chi connectivity index (χ0) is 22.9. The van der Waals surface area contributed by atoms with Crippen LogP contribution in [0.3, 0.4) is 0 Å². The second-order valence-corrected chi connectivity index (χ2v) is 8.74. The lowest BCUT2D eigenvalue weighted by atomic mass is 10.1. The van der Waals surface area contributed by atoms with Crippen molar-refractivity contribution in [3.05, 3.63) is 59.4 Å². The van der Waals surface area contributed by atoms with Gasteiger partial charge in [-0.3, -0.25) is 24.7 Å². The van der Waals surface area contributed by atoms with E-state index in [9.17, 15) is 14.4 Å². The highest BCUT2D eigenvalue weighted by atomic mass is 32.2. The largest absolute Gasteiger partial charge is 0.489 e. The standard InChI is InChI=1S/C24H28N2O5S/c1-3-5-6-22(27)31-20(19-12-9-16(4-2)14-25-19)15-30-18-10-7-17(8-11-18)13-21-23(28)26-24(29)32-21/h7-12,14,20-21H,3-6,13,15H2,1-2H3,(H,26,28,29). The van der Waals surface area contributed by atoms with Crippen molar-refractivity contribution in [1.82, 2.24) is 10.3 Å². The Morgan fingerprint density at radius 2 is 1.88 bits per heavy atom. The number of rotatable bonds is 11. The smallest absolute Gasteiger partial charge is 0.306 e. The maximum atomic E-state index is 12.2. The summed E-state index contributed by atoms with van der Waals surface area (Å²) in [4.78, 5) is 39.7. The summed E-state index contributed by atoms with van der Waals surface area (Å²) in [5, 5.41) is 1.59. The molecule has 1 fully saturated rings. The van der Waals surface area contributed by atoms with Crippen LogP contribution in [0.4, 0.5) is 4.79 Å². The lowest BCUT2D eigenvalue weighted by molar-refractivity contribution is -0.151. The molecular formula is C24H28N2O5S. The van der Waals surface area contributed by atoms with Gasteiger partial charge in [-0.25, -0.2) is 0 Å². The van der Waals surface area contributed by atoms with Crippen molar-refractivity contribution in [3.63, 3.8) is 0 Å². The summed E-state index contributed by atoms with van der Waals surface area (Å²) in [5.41, 5.74) is 2.69. The number of ether oxygens (including phenoxy) is 2. The highest BCUT2D eigenvalue weighted by Gasteiger charge is 2.31. The van der Waals surface area contributed by atoms with Gasteiger partial charge in [-0.2, -0.15) is 0 Å². The molecule has 7 nitrogen and oxygen atoms in total. The van der Waals surface area contributed by atoms with Crippen LogP contribution in [0, 0.1) is 0 Å². The molecule has 2 aromatic rings. The number of nitrogens with zero attached hydrogens (tertiary/aromatic N) is 1. The molecule has 32 heavy (non-hydrogen) atoms. The number of hydrogen-bond acceptors (Lipinski definition) is 7. The molecule has 0 spiro atoms. The van der Waals surface area contributed by atoms with Crippen LogP contribution in [0.1, 0.15) is 56.0 Å². The number of imide groups is 1. The van der Waals surface area contributed by atoms with Crippen LogP contribution < -0.4 is 10.1 Å². The average Bonchev–Trinajstić information content (AvgIpc) is 3.12. The summed E-state index contributed by atoms with van der Waals surface area (Å²) >= 11 is 1.01. The third-order valence-corrected chi connectivity index (χ3v) is 6.09. The van der Waals surface area contributed by atoms with Crippen molar-refractivity contribution in [1.29, 1.82) is 0 Å². The minimum Gasteiger partial charge on any atom is -0.489 e. The first-order valence-corrected chi connectivity index (χ1v) is 11.7. The summed E-state index contributed by atoms with van der Waals surface area (Å²) in [5.74, 6) is 0.0989. The highest BCUT2D eigenvalue weighted by molar-refractivity contribution is 8.15. The predicted octanol–water partition coefficient (Wildman–Crippen LogP) is 4.39. The number of amides is 2. The third kappa shape index (κ3) is 6.82. The van der Waals surface area contributed by atoms with E-state index >= 15 is 0 Å². The fourth-order valence-corrected chi connectivity index (χ4v) is 4.05. The average molecular weight is 457 g/mol. The maximum absolute atomic E-state index is 12.2. The zero-order valence-corrected chi connectivity index (χ0v) is 19.2. The Morgan fingerprint density at radius 3 is 2.47 bits per heavy atom. The van der Waals surface area contributed by atoms with E-state index in [2.05, 4.69) is 17.2 Å². The molecule has 1 saturated heterocycles. The molecule has 8 heteroatoms. The van der Waals surface area contributed by atoms with Crippen molar-refractivity contribution in [2.45, 2.75) is 57.3 Å². The Balaban J connectivity index is 1.61. The first-order valence-electron chi connectivity index (χ1n) is 10.9. The predicted molar refractivity (Wildman–Crippen MR) is 123 cm³/mol. The van der Waals surface area contributed by atoms with Gasteiger partial charge < -0.3 is 9.47 Å². The van der Waals surface area contributed by atoms with Crippen molar-refractivity contribution in [3.8, 4) is 5.75 Å². The Labute approximate surface area is 192 Å². The minimum absolute atomic E-state index is 0.144. The fourth-order valence-electron chi connectivity index (χ4n) is 3.19. The molecule has 170 valence electrons. The van der Waals surface area contributed by atoms with Crippen LogP contribution in [0.2, 0.25) is 0 Å². The third-order valence-electron chi connectivity index (χ3n) is 5.11. The van der Waals surface area contributed by atoms with Gasteiger partial charge in [0.05, 0.1) is 10.9 Å². The molecule has 1 aromatic heterocycles. The van der Waals surface area contributed by atoms with Gasteiger partial charge in [-0.05, 0) is 48.6 Å². The van der Waals surface area contributed by atoms with Gasteiger partial charge in [0.15, 0.2) is 6.10 Å². The number of carbonyl (C=O) groups excluding carboxylic acids is 3. The second kappa shape index (κ2) is 11.7. The Kier molecular flexibility index (Phi) is 8.67. The van der Waals surface area contributed by atoms with Gasteiger partial charge in [-0.1, -0.05) is 50.2 Å². The van der Waals surface area contributed by atoms with Crippen LogP contribution in [-0.2, 0) is 27.2 Å². The molecule has 1 aromatic carbocycles. The number of hydrogen-bond donors (Lipinski definition) is 1. The molecule has 1 N–H and O–H groups in total. The Bertz CT molecular complexity index is 930. The quantitative estimate of drug-likeness (QED) is 0.501. The number of thioether (sulfide) groups is 1. The van der Waals surface area contributed by atoms with E-state index in [1.165, 1.54) is 0 Å². The van der Waals surface area contributed by atoms with Crippen molar-refractivity contribution in [2.75, 3.05) is 6.61 Å². The van der Waals surface area contributed by atoms with Gasteiger partial charge in [0.25, 0.3) is 5.24 Å². The highest BCUT2D eigenvalue weighted by Crippen LogP contribution is 2.25. The molecule has 0 bridgehead atoms. The normalized spacial score (nSPS) is 16.5. The number of esters is 1. The number of nitrogens with one attached hydrogen (secondary N) is 1. The van der Waals surface area contributed by atoms with E-state index in [0.29, 0.717) is 24.3 Å². The summed E-state index contributed by atoms with van der Waals surface area (Å²) in [7, 11) is 0. The minimum atomic E-state index is -0.602. The van der Waals surface area contributed by atoms with Crippen molar-refractivity contribution in [2.24, 2.45) is 0 Å². The Morgan fingerprint density at radius 1 is 1.12 bits per heavy atom. The number of carbonyl (C=O) groups is 3. The van der Waals surface area contributed by atoms with Crippen LogP contribution in [0.15, 0.2) is 42.6 Å². The fraction of sp³-hybridized carbons (Fsp3) is 0.417. The van der Waals surface area contributed by atoms with Gasteiger partial charge in [0.1, 0.15) is 12.4 Å². The summed E-state index contributed by atoms with van der Waals surface area (Å²) in [6.45, 7) is 4.23. The molecule has 3 rings (SSSR count). The van der Waals surface area contributed by atoms with E-state index in [0.717, 1.165) is 42.2 Å². The monoisotopic (exact) mass is 456 g/mol. The molecule has 2 amide bonds. The number of unbranched alkanes of at least 4 members (excludes halogenated alkanes) is 1. The molecule has 0 aliphatic carbocycles. The molecule has 2 unspecified atom stereocenters. The SMILES string of the molecule is CCCCC(=O)OC(COc1ccc(CC2SC(=O)NC2=O)cc1)c1ccc(CC)cn1. The van der Waals surface area contributed by atoms with Crippen LogP contribution in [0.25, 0.3) is 0 Å². The van der Waals surface area contributed by atoms with E-state index in [-0.39, 0.29) is 23.7 Å². The van der Waals surface area contributed by atoms with E-state index in [1.807, 2.05) is 31.2 Å². The first kappa shape index (κ1) is 23.8. The second-order valence-electron chi connectivity index (χ2n) is 7.57. The van der Waals surface area contributed by atoms with Crippen LogP contribution in [-0.4, -0.2) is 34.0 Å². The summed E-state index contributed by atoms with van der Waals surface area (Å²) < 4.78 is 11.6. The number of aromatic nitrogens is 1. The number of aryl methyl sites for hydroxylation is 1. The van der Waals surface area contributed by atoms with Gasteiger partial charge >= 0.3 is 5.97 Å². The molecule has 2 heterocycles. The topological polar surface area (TPSA) is 94.6 Å². The van der Waals surface area contributed by atoms with E-state index < -0.39 is 11.4 Å². The molecular weight excluding hydrogens is 428 g/mol. The Hall–Kier alpha value is -2.87. The van der Waals surface area contributed by atoms with Crippen LogP contribution >= 0.6 is 11.8 Å². The molecule has 0 saturated carbocycles. The molecule has 1 aliphatic rings. The van der Waals surface area contributed by atoms with E-state index in [1.54, 1.807) is 18.3 Å². The lowest BCUT2D eigenvalue weighted by Crippen LogP contribution is -2.25. The summed E-state index contributed by atoms with van der Waals surface area (Å²) in [6, 6.07) is 11.2.